The van der Waals surface area contributed by atoms with E-state index >= 15 is 0 Å². The molecule has 1 aliphatic heterocycles. The summed E-state index contributed by atoms with van der Waals surface area (Å²) in [5.41, 5.74) is 0.282. The van der Waals surface area contributed by atoms with Crippen molar-refractivity contribution in [3.05, 3.63) is 0 Å². The Labute approximate surface area is 133 Å². The average molecular weight is 295 g/mol. The minimum absolute atomic E-state index is 0.282. The summed E-state index contributed by atoms with van der Waals surface area (Å²) in [5, 5.41) is 3.58. The summed E-state index contributed by atoms with van der Waals surface area (Å²) in [6.45, 7) is 12.1. The van der Waals surface area contributed by atoms with Gasteiger partial charge in [-0.25, -0.2) is 0 Å². The predicted octanol–water partition coefficient (Wildman–Crippen LogP) is 4.45. The van der Waals surface area contributed by atoms with E-state index in [-0.39, 0.29) is 5.54 Å². The highest BCUT2D eigenvalue weighted by Gasteiger charge is 2.30. The molecular weight excluding hydrogens is 256 g/mol. The first kappa shape index (κ1) is 17.3. The van der Waals surface area contributed by atoms with E-state index in [2.05, 4.69) is 31.0 Å². The molecule has 2 unspecified atom stereocenters. The van der Waals surface area contributed by atoms with Gasteiger partial charge in [0.25, 0.3) is 0 Å². The Bertz CT molecular complexity index is 282. The van der Waals surface area contributed by atoms with Gasteiger partial charge < -0.3 is 10.2 Å². The van der Waals surface area contributed by atoms with E-state index in [1.165, 1.54) is 84.0 Å². The van der Waals surface area contributed by atoms with E-state index in [4.69, 9.17) is 0 Å². The molecule has 0 bridgehead atoms. The van der Waals surface area contributed by atoms with Gasteiger partial charge in [-0.1, -0.05) is 32.1 Å². The van der Waals surface area contributed by atoms with Crippen LogP contribution in [0.15, 0.2) is 0 Å². The summed E-state index contributed by atoms with van der Waals surface area (Å²) < 4.78 is 0. The van der Waals surface area contributed by atoms with Crippen LogP contribution in [0.4, 0.5) is 0 Å². The Morgan fingerprint density at radius 3 is 2.38 bits per heavy atom. The van der Waals surface area contributed by atoms with Gasteiger partial charge in [-0.2, -0.15) is 0 Å². The maximum atomic E-state index is 3.58. The van der Waals surface area contributed by atoms with Crippen molar-refractivity contribution in [1.82, 2.24) is 10.2 Å². The van der Waals surface area contributed by atoms with Crippen molar-refractivity contribution in [2.45, 2.75) is 84.1 Å². The zero-order valence-electron chi connectivity index (χ0n) is 14.8. The molecule has 0 aromatic rings. The molecule has 0 radical (unpaired) electrons. The van der Waals surface area contributed by atoms with Gasteiger partial charge in [0.05, 0.1) is 0 Å². The van der Waals surface area contributed by atoms with E-state index < -0.39 is 0 Å². The van der Waals surface area contributed by atoms with E-state index in [1.807, 2.05) is 0 Å². The number of rotatable bonds is 7. The molecule has 2 aliphatic rings. The molecule has 1 aliphatic carbocycles. The SMILES string of the molecule is CC(C)(C)NCCCCCCN1CCC2CCCCC2C1. The summed E-state index contributed by atoms with van der Waals surface area (Å²) in [6.07, 6.45) is 13.1. The van der Waals surface area contributed by atoms with Crippen molar-refractivity contribution in [3.63, 3.8) is 0 Å². The molecule has 1 saturated carbocycles. The van der Waals surface area contributed by atoms with Crippen molar-refractivity contribution >= 4 is 0 Å². The van der Waals surface area contributed by atoms with Crippen LogP contribution in [0.3, 0.4) is 0 Å². The standard InChI is InChI=1S/C19H38N2/c1-19(2,3)20-13-8-4-5-9-14-21-15-12-17-10-6-7-11-18(17)16-21/h17-18,20H,4-16H2,1-3H3. The number of unbranched alkanes of at least 4 members (excludes halogenated alkanes) is 3. The van der Waals surface area contributed by atoms with E-state index in [1.54, 1.807) is 0 Å². The quantitative estimate of drug-likeness (QED) is 0.698. The van der Waals surface area contributed by atoms with E-state index in [9.17, 15) is 0 Å². The molecule has 0 aromatic heterocycles. The lowest BCUT2D eigenvalue weighted by molar-refractivity contribution is 0.0856. The number of likely N-dealkylation sites (tertiary alicyclic amines) is 1. The molecule has 0 aromatic carbocycles. The maximum absolute atomic E-state index is 3.58. The zero-order chi connectivity index (χ0) is 15.1. The summed E-state index contributed by atoms with van der Waals surface area (Å²) in [7, 11) is 0. The average Bonchev–Trinajstić information content (AvgIpc) is 2.45. The molecule has 21 heavy (non-hydrogen) atoms. The van der Waals surface area contributed by atoms with Crippen LogP contribution in [0.5, 0.6) is 0 Å². The Morgan fingerprint density at radius 2 is 1.62 bits per heavy atom. The van der Waals surface area contributed by atoms with Crippen molar-refractivity contribution in [2.75, 3.05) is 26.2 Å². The van der Waals surface area contributed by atoms with Gasteiger partial charge in [0.1, 0.15) is 0 Å². The van der Waals surface area contributed by atoms with Gasteiger partial charge in [0.2, 0.25) is 0 Å². The molecule has 1 heterocycles. The van der Waals surface area contributed by atoms with E-state index in [0.717, 1.165) is 11.8 Å². The minimum atomic E-state index is 0.282. The van der Waals surface area contributed by atoms with Gasteiger partial charge in [-0.15, -0.1) is 0 Å². The number of fused-ring (bicyclic) bond motifs is 1. The van der Waals surface area contributed by atoms with Gasteiger partial charge in [-0.05, 0) is 77.9 Å². The lowest BCUT2D eigenvalue weighted by atomic mass is 9.75. The van der Waals surface area contributed by atoms with E-state index in [0.29, 0.717) is 0 Å². The fourth-order valence-electron chi connectivity index (χ4n) is 4.16. The number of piperidine rings is 1. The molecule has 2 atom stereocenters. The molecular formula is C19H38N2. The molecule has 1 saturated heterocycles. The molecule has 2 rings (SSSR count). The van der Waals surface area contributed by atoms with Crippen molar-refractivity contribution < 1.29 is 0 Å². The summed E-state index contributed by atoms with van der Waals surface area (Å²) in [4.78, 5) is 2.76. The first-order valence-electron chi connectivity index (χ1n) is 9.52. The monoisotopic (exact) mass is 294 g/mol. The summed E-state index contributed by atoms with van der Waals surface area (Å²) in [5.74, 6) is 2.13. The highest BCUT2D eigenvalue weighted by Crippen LogP contribution is 2.36. The fourth-order valence-corrected chi connectivity index (χ4v) is 4.16. The fraction of sp³-hybridized carbons (Fsp3) is 1.00. The first-order valence-corrected chi connectivity index (χ1v) is 9.52. The van der Waals surface area contributed by atoms with Crippen molar-refractivity contribution in [3.8, 4) is 0 Å². The maximum Gasteiger partial charge on any atom is 0.00965 e. The molecule has 2 nitrogen and oxygen atoms in total. The second kappa shape index (κ2) is 8.53. The van der Waals surface area contributed by atoms with Gasteiger partial charge in [0.15, 0.2) is 0 Å². The Hall–Kier alpha value is -0.0800. The lowest BCUT2D eigenvalue weighted by Gasteiger charge is -2.41. The van der Waals surface area contributed by atoms with Crippen LogP contribution >= 0.6 is 0 Å². The van der Waals surface area contributed by atoms with Gasteiger partial charge in [-0.3, -0.25) is 0 Å². The smallest absolute Gasteiger partial charge is 0.00965 e. The first-order chi connectivity index (χ1) is 10.0. The molecule has 2 heteroatoms. The third kappa shape index (κ3) is 6.69. The number of hydrogen-bond donors (Lipinski definition) is 1. The molecule has 0 amide bonds. The minimum Gasteiger partial charge on any atom is -0.312 e. The summed E-state index contributed by atoms with van der Waals surface area (Å²) in [6, 6.07) is 0. The van der Waals surface area contributed by atoms with Crippen LogP contribution in [0, 0.1) is 11.8 Å². The predicted molar refractivity (Wildman–Crippen MR) is 92.7 cm³/mol. The topological polar surface area (TPSA) is 15.3 Å². The number of hydrogen-bond acceptors (Lipinski definition) is 2. The molecule has 0 spiro atoms. The number of nitrogens with one attached hydrogen (secondary N) is 1. The summed E-state index contributed by atoms with van der Waals surface area (Å²) >= 11 is 0. The largest absolute Gasteiger partial charge is 0.312 e. The highest BCUT2D eigenvalue weighted by molar-refractivity contribution is 4.83. The zero-order valence-corrected chi connectivity index (χ0v) is 14.8. The Morgan fingerprint density at radius 1 is 0.905 bits per heavy atom. The van der Waals surface area contributed by atoms with Crippen molar-refractivity contribution in [1.29, 1.82) is 0 Å². The number of nitrogens with zero attached hydrogens (tertiary/aromatic N) is 1. The normalized spacial score (nSPS) is 27.6. The second-order valence-corrected chi connectivity index (χ2v) is 8.48. The molecule has 2 fully saturated rings. The van der Waals surface area contributed by atoms with Crippen LogP contribution in [-0.2, 0) is 0 Å². The third-order valence-corrected chi connectivity index (χ3v) is 5.43. The van der Waals surface area contributed by atoms with Crippen LogP contribution in [0.25, 0.3) is 0 Å². The molecule has 1 N–H and O–H groups in total. The van der Waals surface area contributed by atoms with Crippen LogP contribution < -0.4 is 5.32 Å². The third-order valence-electron chi connectivity index (χ3n) is 5.43. The second-order valence-electron chi connectivity index (χ2n) is 8.48. The Kier molecular flexibility index (Phi) is 7.01. The van der Waals surface area contributed by atoms with Crippen LogP contribution in [0.2, 0.25) is 0 Å². The lowest BCUT2D eigenvalue weighted by Crippen LogP contribution is -2.42. The van der Waals surface area contributed by atoms with Crippen LogP contribution in [-0.4, -0.2) is 36.6 Å². The van der Waals surface area contributed by atoms with Gasteiger partial charge >= 0.3 is 0 Å². The van der Waals surface area contributed by atoms with Crippen LogP contribution in [0.1, 0.15) is 78.6 Å². The van der Waals surface area contributed by atoms with Gasteiger partial charge in [0, 0.05) is 12.1 Å². The highest BCUT2D eigenvalue weighted by atomic mass is 15.1. The van der Waals surface area contributed by atoms with Crippen molar-refractivity contribution in [2.24, 2.45) is 11.8 Å². The Balaban J connectivity index is 1.48. The molecule has 124 valence electrons.